The molecule has 1 aromatic heterocycles. The van der Waals surface area contributed by atoms with Crippen LogP contribution in [0.2, 0.25) is 0 Å². The van der Waals surface area contributed by atoms with E-state index in [0.717, 1.165) is 36.2 Å². The van der Waals surface area contributed by atoms with Crippen LogP contribution < -0.4 is 0 Å². The number of hydrogen-bond acceptors (Lipinski definition) is 3. The van der Waals surface area contributed by atoms with E-state index >= 15 is 0 Å². The Labute approximate surface area is 132 Å². The summed E-state index contributed by atoms with van der Waals surface area (Å²) in [5, 5.41) is 0. The molecule has 22 heavy (non-hydrogen) atoms. The summed E-state index contributed by atoms with van der Waals surface area (Å²) in [5.41, 5.74) is 2.84. The molecule has 0 atom stereocenters. The van der Waals surface area contributed by atoms with E-state index in [9.17, 15) is 13.2 Å². The van der Waals surface area contributed by atoms with Gasteiger partial charge in [0.25, 0.3) is 0 Å². The van der Waals surface area contributed by atoms with E-state index < -0.39 is 11.9 Å². The molecule has 2 rings (SSSR count). The Morgan fingerprint density at radius 3 is 2.68 bits per heavy atom. The first-order valence-corrected chi connectivity index (χ1v) is 7.94. The van der Waals surface area contributed by atoms with Gasteiger partial charge in [0.15, 0.2) is 0 Å². The van der Waals surface area contributed by atoms with Crippen LogP contribution >= 0.6 is 11.9 Å². The fourth-order valence-electron chi connectivity index (χ4n) is 2.04. The fraction of sp³-hybridized carbons (Fsp3) is 0.438. The summed E-state index contributed by atoms with van der Waals surface area (Å²) in [6, 6.07) is 5.68. The van der Waals surface area contributed by atoms with Gasteiger partial charge in [-0.2, -0.15) is 13.2 Å². The number of hydrogen-bond donors (Lipinski definition) is 0. The number of aryl methyl sites for hydroxylation is 1. The van der Waals surface area contributed by atoms with Gasteiger partial charge in [0.1, 0.15) is 11.4 Å². The minimum Gasteiger partial charge on any atom is -0.250 e. The number of halogens is 3. The molecular weight excluding hydrogens is 309 g/mol. The second-order valence-corrected chi connectivity index (χ2v) is 6.12. The van der Waals surface area contributed by atoms with Crippen molar-refractivity contribution in [3.63, 3.8) is 0 Å². The van der Waals surface area contributed by atoms with Crippen LogP contribution in [-0.2, 0) is 0 Å². The van der Waals surface area contributed by atoms with Crippen LogP contribution in [0.25, 0.3) is 0 Å². The highest BCUT2D eigenvalue weighted by Gasteiger charge is 2.29. The van der Waals surface area contributed by atoms with Crippen LogP contribution in [0.3, 0.4) is 0 Å². The normalized spacial score (nSPS) is 16.1. The maximum atomic E-state index is 12.2. The zero-order valence-electron chi connectivity index (χ0n) is 12.3. The molecule has 1 fully saturated rings. The van der Waals surface area contributed by atoms with Gasteiger partial charge >= 0.3 is 6.18 Å². The number of alkyl halides is 3. The molecule has 1 aliphatic rings. The fourth-order valence-corrected chi connectivity index (χ4v) is 2.81. The maximum absolute atomic E-state index is 12.2. The third kappa shape index (κ3) is 6.12. The van der Waals surface area contributed by atoms with Crippen LogP contribution in [0.1, 0.15) is 24.2 Å². The van der Waals surface area contributed by atoms with Gasteiger partial charge in [0.05, 0.1) is 0 Å². The van der Waals surface area contributed by atoms with E-state index in [1.54, 1.807) is 4.31 Å². The highest BCUT2D eigenvalue weighted by Crippen LogP contribution is 2.27. The molecule has 0 aromatic carbocycles. The molecule has 1 aliphatic heterocycles. The van der Waals surface area contributed by atoms with Crippen molar-refractivity contribution in [2.24, 2.45) is 0 Å². The summed E-state index contributed by atoms with van der Waals surface area (Å²) < 4.78 is 38.3. The molecule has 1 aromatic rings. The van der Waals surface area contributed by atoms with Crippen LogP contribution in [-0.4, -0.2) is 34.3 Å². The van der Waals surface area contributed by atoms with Crippen molar-refractivity contribution in [2.45, 2.75) is 25.9 Å². The lowest BCUT2D eigenvalue weighted by Gasteiger charge is -2.27. The summed E-state index contributed by atoms with van der Waals surface area (Å²) in [6.07, 6.45) is -0.704. The molecule has 0 unspecified atom stereocenters. The van der Waals surface area contributed by atoms with Crippen LogP contribution in [0.4, 0.5) is 13.2 Å². The molecule has 118 valence electrons. The topological polar surface area (TPSA) is 16.1 Å². The zero-order valence-corrected chi connectivity index (χ0v) is 13.1. The van der Waals surface area contributed by atoms with Gasteiger partial charge in [0.2, 0.25) is 0 Å². The lowest BCUT2D eigenvalue weighted by Crippen LogP contribution is -2.27. The van der Waals surface area contributed by atoms with Gasteiger partial charge in [-0.1, -0.05) is 29.5 Å². The number of nitrogens with zero attached hydrogens (tertiary/aromatic N) is 2. The molecular formula is C16H17F3N2S. The molecule has 0 amide bonds. The Morgan fingerprint density at radius 1 is 1.32 bits per heavy atom. The number of allylic oxidation sites excluding steroid dienone is 1. The first-order chi connectivity index (χ1) is 10.4. The van der Waals surface area contributed by atoms with Gasteiger partial charge < -0.3 is 0 Å². The van der Waals surface area contributed by atoms with Crippen molar-refractivity contribution in [3.05, 3.63) is 41.2 Å². The van der Waals surface area contributed by atoms with Crippen LogP contribution in [0.5, 0.6) is 0 Å². The van der Waals surface area contributed by atoms with Crippen LogP contribution in [0, 0.1) is 18.8 Å². The summed E-state index contributed by atoms with van der Waals surface area (Å²) in [6.45, 7) is 3.19. The largest absolute Gasteiger partial charge is 0.399 e. The summed E-state index contributed by atoms with van der Waals surface area (Å²) in [4.78, 5) is 4.29. The van der Waals surface area contributed by atoms with Gasteiger partial charge in [-0.05, 0) is 43.9 Å². The number of rotatable bonds is 2. The molecule has 1 saturated heterocycles. The van der Waals surface area contributed by atoms with E-state index in [-0.39, 0.29) is 0 Å². The lowest BCUT2D eigenvalue weighted by molar-refractivity contribution is -0.105. The molecule has 0 saturated carbocycles. The average molecular weight is 326 g/mol. The minimum absolute atomic E-state index is 0.636. The van der Waals surface area contributed by atoms with E-state index in [2.05, 4.69) is 16.8 Å². The maximum Gasteiger partial charge on any atom is 0.399 e. The van der Waals surface area contributed by atoms with E-state index in [0.29, 0.717) is 13.1 Å². The molecule has 2 heterocycles. The third-order valence-corrected chi connectivity index (χ3v) is 4.33. The number of pyridine rings is 1. The Kier molecular flexibility index (Phi) is 5.92. The van der Waals surface area contributed by atoms with Crippen molar-refractivity contribution in [1.29, 1.82) is 0 Å². The van der Waals surface area contributed by atoms with Crippen molar-refractivity contribution >= 4 is 11.9 Å². The zero-order chi connectivity index (χ0) is 16.0. The predicted molar refractivity (Wildman–Crippen MR) is 83.3 cm³/mol. The minimum atomic E-state index is -4.10. The SMILES string of the molecule is Cc1cccc(C#CC=C2CCN(SCC(F)(F)F)CC2)n1. The average Bonchev–Trinajstić information content (AvgIpc) is 2.46. The van der Waals surface area contributed by atoms with Crippen LogP contribution in [0.15, 0.2) is 29.8 Å². The van der Waals surface area contributed by atoms with Gasteiger partial charge in [0, 0.05) is 18.8 Å². The van der Waals surface area contributed by atoms with Gasteiger partial charge in [-0.15, -0.1) is 0 Å². The summed E-state index contributed by atoms with van der Waals surface area (Å²) in [7, 11) is 0. The summed E-state index contributed by atoms with van der Waals surface area (Å²) in [5.74, 6) is 5.16. The first kappa shape index (κ1) is 16.9. The molecule has 6 heteroatoms. The molecule has 0 N–H and O–H groups in total. The van der Waals surface area contributed by atoms with E-state index in [1.807, 2.05) is 31.2 Å². The lowest BCUT2D eigenvalue weighted by atomic mass is 10.1. The number of aromatic nitrogens is 1. The molecule has 0 spiro atoms. The highest BCUT2D eigenvalue weighted by molar-refractivity contribution is 7.97. The molecule has 2 nitrogen and oxygen atoms in total. The Bertz CT molecular complexity index is 589. The predicted octanol–water partition coefficient (Wildman–Crippen LogP) is 3.97. The Balaban J connectivity index is 1.82. The monoisotopic (exact) mass is 326 g/mol. The van der Waals surface area contributed by atoms with Gasteiger partial charge in [-0.25, -0.2) is 9.29 Å². The second-order valence-electron chi connectivity index (χ2n) is 5.05. The summed E-state index contributed by atoms with van der Waals surface area (Å²) >= 11 is 0.864. The quantitative estimate of drug-likeness (QED) is 0.604. The van der Waals surface area contributed by atoms with Crippen molar-refractivity contribution in [2.75, 3.05) is 18.8 Å². The third-order valence-electron chi connectivity index (χ3n) is 3.14. The molecule has 0 bridgehead atoms. The first-order valence-electron chi connectivity index (χ1n) is 7.00. The molecule has 0 radical (unpaired) electrons. The van der Waals surface area contributed by atoms with Crippen molar-refractivity contribution in [3.8, 4) is 11.8 Å². The number of piperidine rings is 1. The van der Waals surface area contributed by atoms with Crippen molar-refractivity contribution in [1.82, 2.24) is 9.29 Å². The smallest absolute Gasteiger partial charge is 0.250 e. The molecule has 0 aliphatic carbocycles. The van der Waals surface area contributed by atoms with E-state index in [1.165, 1.54) is 5.57 Å². The standard InChI is InChI=1S/C16H17F3N2S/c1-13-4-2-6-15(20-13)7-3-5-14-8-10-21(11-9-14)22-12-16(17,18)19/h2,4-6H,8-12H2,1H3. The Hall–Kier alpha value is -1.45. The van der Waals surface area contributed by atoms with Gasteiger partial charge in [-0.3, -0.25) is 0 Å². The Morgan fingerprint density at radius 2 is 2.05 bits per heavy atom. The highest BCUT2D eigenvalue weighted by atomic mass is 32.2. The van der Waals surface area contributed by atoms with Crippen molar-refractivity contribution < 1.29 is 13.2 Å². The second kappa shape index (κ2) is 7.70. The van der Waals surface area contributed by atoms with E-state index in [4.69, 9.17) is 0 Å².